The summed E-state index contributed by atoms with van der Waals surface area (Å²) in [7, 11) is 1.80. The molecule has 2 amide bonds. The second-order valence-corrected chi connectivity index (χ2v) is 7.12. The summed E-state index contributed by atoms with van der Waals surface area (Å²) in [4.78, 5) is 26.3. The van der Waals surface area contributed by atoms with E-state index in [2.05, 4.69) is 24.5 Å². The second kappa shape index (κ2) is 7.79. The molecule has 0 aromatic heterocycles. The lowest BCUT2D eigenvalue weighted by Gasteiger charge is -2.25. The van der Waals surface area contributed by atoms with Crippen molar-refractivity contribution in [2.45, 2.75) is 58.5 Å². The van der Waals surface area contributed by atoms with Crippen molar-refractivity contribution in [2.75, 3.05) is 18.9 Å². The van der Waals surface area contributed by atoms with E-state index in [1.165, 1.54) is 0 Å². The van der Waals surface area contributed by atoms with Gasteiger partial charge in [-0.1, -0.05) is 32.0 Å². The van der Waals surface area contributed by atoms with Crippen molar-refractivity contribution in [2.24, 2.45) is 0 Å². The molecular weight excluding hydrogens is 302 g/mol. The van der Waals surface area contributed by atoms with Gasteiger partial charge in [0.2, 0.25) is 11.8 Å². The van der Waals surface area contributed by atoms with Crippen LogP contribution in [0.1, 0.15) is 50.7 Å². The number of para-hydroxylation sites is 1. The molecule has 1 aliphatic carbocycles. The van der Waals surface area contributed by atoms with E-state index in [9.17, 15) is 9.59 Å². The zero-order chi connectivity index (χ0) is 17.9. The number of hydrogen-bond acceptors (Lipinski definition) is 3. The maximum absolute atomic E-state index is 12.6. The Morgan fingerprint density at radius 2 is 1.92 bits per heavy atom. The number of amides is 2. The lowest BCUT2D eigenvalue weighted by Crippen LogP contribution is -2.45. The minimum atomic E-state index is -0.380. The molecule has 0 spiro atoms. The Morgan fingerprint density at radius 3 is 2.50 bits per heavy atom. The fourth-order valence-corrected chi connectivity index (χ4v) is 2.63. The van der Waals surface area contributed by atoms with E-state index in [1.54, 1.807) is 11.9 Å². The Hall–Kier alpha value is -1.88. The Balaban J connectivity index is 1.99. The van der Waals surface area contributed by atoms with Crippen molar-refractivity contribution < 1.29 is 9.59 Å². The standard InChI is InChI=1S/C19H29N3O2/c1-12(2)16-8-6-7-13(3)18(16)21-19(24)14(4)22(5)11-17(23)20-15-9-10-15/h6-8,12,14-15H,9-11H2,1-5H3,(H,20,23)(H,21,24)/t14-/m1/s1. The minimum absolute atomic E-state index is 0.0154. The number of anilines is 1. The molecule has 1 aromatic rings. The molecule has 132 valence electrons. The fourth-order valence-electron chi connectivity index (χ4n) is 2.63. The average molecular weight is 331 g/mol. The van der Waals surface area contributed by atoms with Gasteiger partial charge < -0.3 is 10.6 Å². The van der Waals surface area contributed by atoms with Gasteiger partial charge in [0.05, 0.1) is 12.6 Å². The first-order valence-electron chi connectivity index (χ1n) is 8.69. The molecule has 24 heavy (non-hydrogen) atoms. The van der Waals surface area contributed by atoms with Gasteiger partial charge in [-0.2, -0.15) is 0 Å². The van der Waals surface area contributed by atoms with E-state index >= 15 is 0 Å². The third-order valence-electron chi connectivity index (χ3n) is 4.55. The van der Waals surface area contributed by atoms with Crippen LogP contribution in [-0.2, 0) is 9.59 Å². The first-order valence-corrected chi connectivity index (χ1v) is 8.69. The van der Waals surface area contributed by atoms with Crippen LogP contribution in [0.3, 0.4) is 0 Å². The van der Waals surface area contributed by atoms with Crippen LogP contribution in [-0.4, -0.2) is 42.4 Å². The molecule has 0 saturated heterocycles. The molecule has 2 rings (SSSR count). The number of hydrogen-bond donors (Lipinski definition) is 2. The van der Waals surface area contributed by atoms with E-state index in [4.69, 9.17) is 0 Å². The summed E-state index contributed by atoms with van der Waals surface area (Å²) in [5.41, 5.74) is 3.07. The Morgan fingerprint density at radius 1 is 1.25 bits per heavy atom. The predicted octanol–water partition coefficient (Wildman–Crippen LogP) is 2.66. The molecule has 1 aromatic carbocycles. The van der Waals surface area contributed by atoms with Crippen molar-refractivity contribution in [3.8, 4) is 0 Å². The summed E-state index contributed by atoms with van der Waals surface area (Å²) >= 11 is 0. The van der Waals surface area contributed by atoms with Crippen molar-refractivity contribution in [3.63, 3.8) is 0 Å². The van der Waals surface area contributed by atoms with Gasteiger partial charge in [0.1, 0.15) is 0 Å². The molecule has 0 unspecified atom stereocenters. The molecule has 1 fully saturated rings. The van der Waals surface area contributed by atoms with Crippen LogP contribution in [0.25, 0.3) is 0 Å². The highest BCUT2D eigenvalue weighted by Gasteiger charge is 2.26. The van der Waals surface area contributed by atoms with Crippen LogP contribution < -0.4 is 10.6 Å². The molecule has 1 atom stereocenters. The third kappa shape index (κ3) is 4.81. The largest absolute Gasteiger partial charge is 0.352 e. The van der Waals surface area contributed by atoms with Crippen molar-refractivity contribution in [1.29, 1.82) is 0 Å². The average Bonchev–Trinajstić information content (AvgIpc) is 3.31. The molecule has 1 aliphatic rings. The van der Waals surface area contributed by atoms with Gasteiger partial charge in [0.15, 0.2) is 0 Å². The molecule has 0 radical (unpaired) electrons. The van der Waals surface area contributed by atoms with Crippen molar-refractivity contribution in [1.82, 2.24) is 10.2 Å². The van der Waals surface area contributed by atoms with Gasteiger partial charge in [-0.05, 0) is 50.8 Å². The van der Waals surface area contributed by atoms with Crippen LogP contribution >= 0.6 is 0 Å². The van der Waals surface area contributed by atoms with Gasteiger partial charge in [-0.15, -0.1) is 0 Å². The predicted molar refractivity (Wildman–Crippen MR) is 97.2 cm³/mol. The molecule has 0 aliphatic heterocycles. The first kappa shape index (κ1) is 18.5. The zero-order valence-electron chi connectivity index (χ0n) is 15.3. The summed E-state index contributed by atoms with van der Waals surface area (Å²) in [5.74, 6) is 0.226. The normalized spacial score (nSPS) is 15.5. The molecule has 0 bridgehead atoms. The fraction of sp³-hybridized carbons (Fsp3) is 0.579. The van der Waals surface area contributed by atoms with Gasteiger partial charge in [-0.25, -0.2) is 0 Å². The van der Waals surface area contributed by atoms with Gasteiger partial charge in [0.25, 0.3) is 0 Å². The van der Waals surface area contributed by atoms with E-state index in [0.29, 0.717) is 12.0 Å². The van der Waals surface area contributed by atoms with Crippen molar-refractivity contribution >= 4 is 17.5 Å². The molecule has 0 heterocycles. The van der Waals surface area contributed by atoms with Gasteiger partial charge in [0, 0.05) is 11.7 Å². The monoisotopic (exact) mass is 331 g/mol. The maximum atomic E-state index is 12.6. The highest BCUT2D eigenvalue weighted by Crippen LogP contribution is 2.27. The van der Waals surface area contributed by atoms with E-state index in [1.807, 2.05) is 32.0 Å². The third-order valence-corrected chi connectivity index (χ3v) is 4.55. The number of carbonyl (C=O) groups excluding carboxylic acids is 2. The molecule has 5 heteroatoms. The Labute approximate surface area is 144 Å². The second-order valence-electron chi connectivity index (χ2n) is 7.12. The number of carbonyl (C=O) groups is 2. The quantitative estimate of drug-likeness (QED) is 0.807. The summed E-state index contributed by atoms with van der Waals surface area (Å²) in [6.45, 7) is 8.28. The van der Waals surface area contributed by atoms with Crippen molar-refractivity contribution in [3.05, 3.63) is 29.3 Å². The molecular formula is C19H29N3O2. The topological polar surface area (TPSA) is 61.4 Å². The van der Waals surface area contributed by atoms with E-state index in [-0.39, 0.29) is 24.4 Å². The number of rotatable bonds is 7. The number of aryl methyl sites for hydroxylation is 1. The summed E-state index contributed by atoms with van der Waals surface area (Å²) in [5, 5.41) is 6.00. The lowest BCUT2D eigenvalue weighted by atomic mass is 9.98. The lowest BCUT2D eigenvalue weighted by molar-refractivity contribution is -0.124. The molecule has 2 N–H and O–H groups in total. The summed E-state index contributed by atoms with van der Waals surface area (Å²) in [6.07, 6.45) is 2.13. The van der Waals surface area contributed by atoms with Gasteiger partial charge in [-0.3, -0.25) is 14.5 Å². The summed E-state index contributed by atoms with van der Waals surface area (Å²) in [6, 6.07) is 6.02. The number of benzene rings is 1. The van der Waals surface area contributed by atoms with Crippen LogP contribution in [0.15, 0.2) is 18.2 Å². The first-order chi connectivity index (χ1) is 11.3. The zero-order valence-corrected chi connectivity index (χ0v) is 15.3. The summed E-state index contributed by atoms with van der Waals surface area (Å²) < 4.78 is 0. The minimum Gasteiger partial charge on any atom is -0.352 e. The molecule has 5 nitrogen and oxygen atoms in total. The van der Waals surface area contributed by atoms with Crippen LogP contribution in [0, 0.1) is 6.92 Å². The maximum Gasteiger partial charge on any atom is 0.241 e. The van der Waals surface area contributed by atoms with E-state index < -0.39 is 0 Å². The van der Waals surface area contributed by atoms with E-state index in [0.717, 1.165) is 29.7 Å². The number of likely N-dealkylation sites (N-methyl/N-ethyl adjacent to an activating group) is 1. The smallest absolute Gasteiger partial charge is 0.241 e. The Kier molecular flexibility index (Phi) is 5.99. The SMILES string of the molecule is Cc1cccc(C(C)C)c1NC(=O)[C@@H](C)N(C)CC(=O)NC1CC1. The van der Waals surface area contributed by atoms with Gasteiger partial charge >= 0.3 is 0 Å². The highest BCUT2D eigenvalue weighted by molar-refractivity contribution is 5.96. The number of nitrogens with zero attached hydrogens (tertiary/aromatic N) is 1. The Bertz CT molecular complexity index is 609. The number of nitrogens with one attached hydrogen (secondary N) is 2. The highest BCUT2D eigenvalue weighted by atomic mass is 16.2. The van der Waals surface area contributed by atoms with Crippen LogP contribution in [0.4, 0.5) is 5.69 Å². The molecule has 1 saturated carbocycles. The van der Waals surface area contributed by atoms with Crippen LogP contribution in [0.2, 0.25) is 0 Å². The van der Waals surface area contributed by atoms with Crippen LogP contribution in [0.5, 0.6) is 0 Å².